The van der Waals surface area contributed by atoms with Crippen LogP contribution in [0.5, 0.6) is 0 Å². The van der Waals surface area contributed by atoms with Crippen LogP contribution in [0.25, 0.3) is 0 Å². The highest BCUT2D eigenvalue weighted by Crippen LogP contribution is 2.07. The maximum absolute atomic E-state index is 5.42. The quantitative estimate of drug-likeness (QED) is 0.344. The molecule has 0 fully saturated rings. The minimum atomic E-state index is 0.569. The summed E-state index contributed by atoms with van der Waals surface area (Å²) < 4.78 is 0. The van der Waals surface area contributed by atoms with E-state index in [9.17, 15) is 0 Å². The van der Waals surface area contributed by atoms with E-state index in [0.29, 0.717) is 6.61 Å². The third-order valence-electron chi connectivity index (χ3n) is 2.99. The van der Waals surface area contributed by atoms with E-state index in [-0.39, 0.29) is 0 Å². The molecule has 1 aromatic rings. The van der Waals surface area contributed by atoms with Gasteiger partial charge in [-0.05, 0) is 24.8 Å². The molecule has 2 heteroatoms. The summed E-state index contributed by atoms with van der Waals surface area (Å²) in [4.78, 5) is 5.42. The van der Waals surface area contributed by atoms with Crippen LogP contribution < -0.4 is 0 Å². The van der Waals surface area contributed by atoms with Gasteiger partial charge in [-0.3, -0.25) is 0 Å². The van der Waals surface area contributed by atoms with Crippen molar-refractivity contribution >= 4 is 5.71 Å². The third kappa shape index (κ3) is 6.43. The van der Waals surface area contributed by atoms with Crippen LogP contribution in [0, 0.1) is 0 Å². The van der Waals surface area contributed by atoms with Gasteiger partial charge in [0.05, 0.1) is 5.71 Å². The molecule has 0 unspecified atom stereocenters. The van der Waals surface area contributed by atoms with Crippen molar-refractivity contribution in [2.75, 3.05) is 0 Å². The van der Waals surface area contributed by atoms with E-state index in [1.165, 1.54) is 37.0 Å². The standard InChI is InChI=1S/C16H25NO/c1-3-5-6-10-13-16(4-2)17-18-14-15-11-8-7-9-12-15/h7-9,11-12H,3-6,10,13-14H2,1-2H3/b17-16+. The molecule has 0 spiro atoms. The molecule has 0 aliphatic rings. The first kappa shape index (κ1) is 14.7. The molecule has 0 N–H and O–H groups in total. The Bertz CT molecular complexity index is 332. The normalized spacial score (nSPS) is 11.6. The molecule has 0 bridgehead atoms. The second-order valence-corrected chi connectivity index (χ2v) is 4.58. The molecule has 0 atom stereocenters. The first-order valence-electron chi connectivity index (χ1n) is 7.08. The fourth-order valence-electron chi connectivity index (χ4n) is 1.82. The highest BCUT2D eigenvalue weighted by molar-refractivity contribution is 5.83. The lowest BCUT2D eigenvalue weighted by Crippen LogP contribution is -1.98. The number of benzene rings is 1. The van der Waals surface area contributed by atoms with E-state index in [2.05, 4.69) is 31.1 Å². The van der Waals surface area contributed by atoms with Crippen molar-refractivity contribution in [3.05, 3.63) is 35.9 Å². The van der Waals surface area contributed by atoms with Crippen LogP contribution >= 0.6 is 0 Å². The van der Waals surface area contributed by atoms with Crippen LogP contribution in [0.4, 0.5) is 0 Å². The van der Waals surface area contributed by atoms with E-state index in [0.717, 1.165) is 12.8 Å². The molecule has 0 aromatic heterocycles. The van der Waals surface area contributed by atoms with Crippen molar-refractivity contribution in [1.82, 2.24) is 0 Å². The molecule has 18 heavy (non-hydrogen) atoms. The van der Waals surface area contributed by atoms with Crippen LogP contribution in [0.1, 0.15) is 57.9 Å². The summed E-state index contributed by atoms with van der Waals surface area (Å²) in [6.07, 6.45) is 7.20. The summed E-state index contributed by atoms with van der Waals surface area (Å²) in [6, 6.07) is 10.2. The molecular formula is C16H25NO. The van der Waals surface area contributed by atoms with Gasteiger partial charge < -0.3 is 4.84 Å². The number of unbranched alkanes of at least 4 members (excludes halogenated alkanes) is 3. The van der Waals surface area contributed by atoms with Gasteiger partial charge in [0.2, 0.25) is 0 Å². The van der Waals surface area contributed by atoms with E-state index in [1.807, 2.05) is 18.2 Å². The van der Waals surface area contributed by atoms with Gasteiger partial charge in [0.15, 0.2) is 0 Å². The first-order valence-corrected chi connectivity index (χ1v) is 7.08. The van der Waals surface area contributed by atoms with Gasteiger partial charge in [0.1, 0.15) is 6.61 Å². The number of hydrogen-bond donors (Lipinski definition) is 0. The smallest absolute Gasteiger partial charge is 0.142 e. The molecule has 1 rings (SSSR count). The lowest BCUT2D eigenvalue weighted by molar-refractivity contribution is 0.129. The Morgan fingerprint density at radius 1 is 1.06 bits per heavy atom. The average molecular weight is 247 g/mol. The first-order chi connectivity index (χ1) is 8.86. The fourth-order valence-corrected chi connectivity index (χ4v) is 1.82. The van der Waals surface area contributed by atoms with E-state index in [4.69, 9.17) is 4.84 Å². The highest BCUT2D eigenvalue weighted by atomic mass is 16.6. The predicted octanol–water partition coefficient (Wildman–Crippen LogP) is 4.94. The van der Waals surface area contributed by atoms with Crippen LogP contribution in [-0.4, -0.2) is 5.71 Å². The zero-order valence-electron chi connectivity index (χ0n) is 11.7. The molecule has 2 nitrogen and oxygen atoms in total. The highest BCUT2D eigenvalue weighted by Gasteiger charge is 1.98. The zero-order chi connectivity index (χ0) is 13.1. The zero-order valence-corrected chi connectivity index (χ0v) is 11.7. The Morgan fingerprint density at radius 2 is 1.83 bits per heavy atom. The van der Waals surface area contributed by atoms with Crippen molar-refractivity contribution in [3.63, 3.8) is 0 Å². The molecule has 0 aliphatic carbocycles. The van der Waals surface area contributed by atoms with E-state index in [1.54, 1.807) is 0 Å². The van der Waals surface area contributed by atoms with Crippen LogP contribution in [0.15, 0.2) is 35.5 Å². The van der Waals surface area contributed by atoms with Crippen LogP contribution in [0.3, 0.4) is 0 Å². The molecule has 0 heterocycles. The Kier molecular flexibility index (Phi) is 7.94. The monoisotopic (exact) mass is 247 g/mol. The minimum Gasteiger partial charge on any atom is -0.391 e. The minimum absolute atomic E-state index is 0.569. The molecular weight excluding hydrogens is 222 g/mol. The molecule has 0 aliphatic heterocycles. The van der Waals surface area contributed by atoms with Gasteiger partial charge in [0, 0.05) is 0 Å². The molecule has 0 amide bonds. The lowest BCUT2D eigenvalue weighted by atomic mass is 10.1. The van der Waals surface area contributed by atoms with Crippen molar-refractivity contribution in [3.8, 4) is 0 Å². The van der Waals surface area contributed by atoms with Crippen LogP contribution in [-0.2, 0) is 11.4 Å². The van der Waals surface area contributed by atoms with Crippen LogP contribution in [0.2, 0.25) is 0 Å². The maximum atomic E-state index is 5.42. The fraction of sp³-hybridized carbons (Fsp3) is 0.562. The SMILES string of the molecule is CCCCCC/C(CC)=N/OCc1ccccc1. The number of nitrogens with zero attached hydrogens (tertiary/aromatic N) is 1. The number of oxime groups is 1. The molecule has 100 valence electrons. The number of hydrogen-bond acceptors (Lipinski definition) is 2. The van der Waals surface area contributed by atoms with Gasteiger partial charge in [-0.25, -0.2) is 0 Å². The number of rotatable bonds is 9. The van der Waals surface area contributed by atoms with E-state index < -0.39 is 0 Å². The Balaban J connectivity index is 2.25. The second kappa shape index (κ2) is 9.69. The molecule has 1 aromatic carbocycles. The lowest BCUT2D eigenvalue weighted by Gasteiger charge is -2.04. The third-order valence-corrected chi connectivity index (χ3v) is 2.99. The molecule has 0 saturated carbocycles. The Hall–Kier alpha value is -1.31. The van der Waals surface area contributed by atoms with Gasteiger partial charge >= 0.3 is 0 Å². The van der Waals surface area contributed by atoms with Crippen molar-refractivity contribution in [2.24, 2.45) is 5.16 Å². The van der Waals surface area contributed by atoms with Gasteiger partial charge in [-0.15, -0.1) is 0 Å². The van der Waals surface area contributed by atoms with Crippen molar-refractivity contribution in [2.45, 2.75) is 59.0 Å². The predicted molar refractivity (Wildman–Crippen MR) is 77.7 cm³/mol. The average Bonchev–Trinajstić information content (AvgIpc) is 2.42. The Morgan fingerprint density at radius 3 is 2.50 bits per heavy atom. The summed E-state index contributed by atoms with van der Waals surface area (Å²) in [5.41, 5.74) is 2.35. The van der Waals surface area contributed by atoms with Crippen molar-refractivity contribution < 1.29 is 4.84 Å². The molecule has 0 saturated heterocycles. The van der Waals surface area contributed by atoms with Gasteiger partial charge in [-0.1, -0.05) is 68.6 Å². The summed E-state index contributed by atoms with van der Waals surface area (Å²) >= 11 is 0. The molecule has 0 radical (unpaired) electrons. The maximum Gasteiger partial charge on any atom is 0.142 e. The Labute approximate surface area is 111 Å². The summed E-state index contributed by atoms with van der Waals surface area (Å²) in [7, 11) is 0. The van der Waals surface area contributed by atoms with Gasteiger partial charge in [-0.2, -0.15) is 0 Å². The van der Waals surface area contributed by atoms with Crippen molar-refractivity contribution in [1.29, 1.82) is 0 Å². The van der Waals surface area contributed by atoms with E-state index >= 15 is 0 Å². The summed E-state index contributed by atoms with van der Waals surface area (Å²) in [5, 5.41) is 4.25. The summed E-state index contributed by atoms with van der Waals surface area (Å²) in [6.45, 7) is 4.95. The second-order valence-electron chi connectivity index (χ2n) is 4.58. The largest absolute Gasteiger partial charge is 0.391 e. The van der Waals surface area contributed by atoms with Gasteiger partial charge in [0.25, 0.3) is 0 Å². The topological polar surface area (TPSA) is 21.6 Å². The summed E-state index contributed by atoms with van der Waals surface area (Å²) in [5.74, 6) is 0.